The van der Waals surface area contributed by atoms with Crippen molar-refractivity contribution in [3.63, 3.8) is 0 Å². The van der Waals surface area contributed by atoms with Crippen LogP contribution in [0.15, 0.2) is 36.8 Å². The molecule has 23 heavy (non-hydrogen) atoms. The highest BCUT2D eigenvalue weighted by molar-refractivity contribution is 5.87. The maximum absolute atomic E-state index is 5.28. The van der Waals surface area contributed by atoms with Crippen molar-refractivity contribution in [2.45, 2.75) is 12.5 Å². The summed E-state index contributed by atoms with van der Waals surface area (Å²) in [6.07, 6.45) is 4.47. The lowest BCUT2D eigenvalue weighted by Gasteiger charge is -2.12. The van der Waals surface area contributed by atoms with Gasteiger partial charge in [0.15, 0.2) is 5.65 Å². The van der Waals surface area contributed by atoms with Crippen LogP contribution in [0.5, 0.6) is 5.75 Å². The highest BCUT2D eigenvalue weighted by Crippen LogP contribution is 2.24. The molecule has 0 saturated carbocycles. The third kappa shape index (κ3) is 2.59. The molecule has 1 saturated heterocycles. The zero-order valence-corrected chi connectivity index (χ0v) is 12.9. The van der Waals surface area contributed by atoms with Crippen molar-refractivity contribution >= 4 is 16.9 Å². The first-order valence-electron chi connectivity index (χ1n) is 7.65. The normalized spacial score (nSPS) is 17.5. The molecule has 1 fully saturated rings. The van der Waals surface area contributed by atoms with Crippen molar-refractivity contribution in [2.24, 2.45) is 0 Å². The molecule has 0 amide bonds. The molecular formula is C16H18N6O. The Kier molecular flexibility index (Phi) is 3.55. The molecule has 118 valence electrons. The van der Waals surface area contributed by atoms with E-state index in [9.17, 15) is 0 Å². The van der Waals surface area contributed by atoms with Crippen LogP contribution in [0.1, 0.15) is 6.42 Å². The Balaban J connectivity index is 1.74. The second-order valence-corrected chi connectivity index (χ2v) is 5.55. The average molecular weight is 310 g/mol. The SMILES string of the molecule is COc1cccc(-n2ncc3c(NC4CCNC4)ncnc32)c1. The summed E-state index contributed by atoms with van der Waals surface area (Å²) in [5, 5.41) is 12.2. The lowest BCUT2D eigenvalue weighted by Crippen LogP contribution is -2.22. The first-order chi connectivity index (χ1) is 11.3. The number of hydrogen-bond donors (Lipinski definition) is 2. The molecule has 3 heterocycles. The van der Waals surface area contributed by atoms with Crippen LogP contribution < -0.4 is 15.4 Å². The molecule has 0 radical (unpaired) electrons. The van der Waals surface area contributed by atoms with Gasteiger partial charge >= 0.3 is 0 Å². The number of benzene rings is 1. The van der Waals surface area contributed by atoms with E-state index in [0.717, 1.165) is 47.8 Å². The number of rotatable bonds is 4. The Morgan fingerprint density at radius 2 is 2.30 bits per heavy atom. The summed E-state index contributed by atoms with van der Waals surface area (Å²) < 4.78 is 7.09. The van der Waals surface area contributed by atoms with Crippen molar-refractivity contribution in [2.75, 3.05) is 25.5 Å². The van der Waals surface area contributed by atoms with E-state index in [4.69, 9.17) is 4.74 Å². The zero-order chi connectivity index (χ0) is 15.6. The minimum absolute atomic E-state index is 0.397. The van der Waals surface area contributed by atoms with E-state index >= 15 is 0 Å². The fourth-order valence-electron chi connectivity index (χ4n) is 2.86. The molecule has 0 aliphatic carbocycles. The molecule has 1 aromatic carbocycles. The quantitative estimate of drug-likeness (QED) is 0.762. The van der Waals surface area contributed by atoms with E-state index in [1.165, 1.54) is 0 Å². The van der Waals surface area contributed by atoms with Gasteiger partial charge in [-0.05, 0) is 25.1 Å². The number of nitrogens with zero attached hydrogens (tertiary/aromatic N) is 4. The summed E-state index contributed by atoms with van der Waals surface area (Å²) in [4.78, 5) is 8.78. The van der Waals surface area contributed by atoms with Crippen LogP contribution in [0, 0.1) is 0 Å². The second kappa shape index (κ2) is 5.85. The van der Waals surface area contributed by atoms with Gasteiger partial charge in [0.25, 0.3) is 0 Å². The van der Waals surface area contributed by atoms with Gasteiger partial charge in [0.1, 0.15) is 17.9 Å². The monoisotopic (exact) mass is 310 g/mol. The Bertz CT molecular complexity index is 824. The number of methoxy groups -OCH3 is 1. The minimum atomic E-state index is 0.397. The van der Waals surface area contributed by atoms with Crippen LogP contribution >= 0.6 is 0 Å². The molecular weight excluding hydrogens is 292 g/mol. The number of hydrogen-bond acceptors (Lipinski definition) is 6. The Morgan fingerprint density at radius 1 is 1.35 bits per heavy atom. The molecule has 4 rings (SSSR count). The minimum Gasteiger partial charge on any atom is -0.497 e. The molecule has 1 aliphatic heterocycles. The average Bonchev–Trinajstić information content (AvgIpc) is 3.25. The van der Waals surface area contributed by atoms with Gasteiger partial charge in [-0.25, -0.2) is 14.6 Å². The van der Waals surface area contributed by atoms with Gasteiger partial charge in [-0.1, -0.05) is 6.07 Å². The Morgan fingerprint density at radius 3 is 3.13 bits per heavy atom. The van der Waals surface area contributed by atoms with Crippen LogP contribution in [0.25, 0.3) is 16.7 Å². The van der Waals surface area contributed by atoms with Crippen LogP contribution in [0.2, 0.25) is 0 Å². The van der Waals surface area contributed by atoms with Gasteiger partial charge in [-0.15, -0.1) is 0 Å². The lowest BCUT2D eigenvalue weighted by molar-refractivity contribution is 0.414. The van der Waals surface area contributed by atoms with Crippen LogP contribution in [-0.2, 0) is 0 Å². The standard InChI is InChI=1S/C16H18N6O/c1-23-13-4-2-3-12(7-13)22-16-14(9-20-22)15(18-10-19-16)21-11-5-6-17-8-11/h2-4,7,9-11,17H,5-6,8H2,1H3,(H,18,19,21). The second-order valence-electron chi connectivity index (χ2n) is 5.55. The van der Waals surface area contributed by atoms with Crippen molar-refractivity contribution in [3.8, 4) is 11.4 Å². The van der Waals surface area contributed by atoms with E-state index in [0.29, 0.717) is 6.04 Å². The fourth-order valence-corrected chi connectivity index (χ4v) is 2.86. The van der Waals surface area contributed by atoms with Gasteiger partial charge in [-0.2, -0.15) is 5.10 Å². The van der Waals surface area contributed by atoms with Crippen molar-refractivity contribution in [3.05, 3.63) is 36.8 Å². The van der Waals surface area contributed by atoms with Crippen molar-refractivity contribution < 1.29 is 4.74 Å². The summed E-state index contributed by atoms with van der Waals surface area (Å²) in [5.41, 5.74) is 1.69. The molecule has 0 spiro atoms. The third-order valence-electron chi connectivity index (χ3n) is 4.06. The topological polar surface area (TPSA) is 76.9 Å². The molecule has 2 aromatic heterocycles. The molecule has 3 aromatic rings. The molecule has 0 bridgehead atoms. The van der Waals surface area contributed by atoms with Gasteiger partial charge in [-0.3, -0.25) is 0 Å². The summed E-state index contributed by atoms with van der Waals surface area (Å²) in [5.74, 6) is 1.62. The summed E-state index contributed by atoms with van der Waals surface area (Å²) in [6, 6.07) is 8.15. The molecule has 1 unspecified atom stereocenters. The maximum atomic E-state index is 5.28. The fraction of sp³-hybridized carbons (Fsp3) is 0.312. The van der Waals surface area contributed by atoms with E-state index in [1.54, 1.807) is 24.3 Å². The highest BCUT2D eigenvalue weighted by Gasteiger charge is 2.17. The number of fused-ring (bicyclic) bond motifs is 1. The van der Waals surface area contributed by atoms with Crippen LogP contribution in [-0.4, -0.2) is 46.0 Å². The summed E-state index contributed by atoms with van der Waals surface area (Å²) in [6.45, 7) is 1.99. The number of aromatic nitrogens is 4. The largest absolute Gasteiger partial charge is 0.497 e. The zero-order valence-electron chi connectivity index (χ0n) is 12.9. The van der Waals surface area contributed by atoms with E-state index < -0.39 is 0 Å². The van der Waals surface area contributed by atoms with E-state index in [-0.39, 0.29) is 0 Å². The first-order valence-corrected chi connectivity index (χ1v) is 7.65. The summed E-state index contributed by atoms with van der Waals surface area (Å²) in [7, 11) is 1.65. The van der Waals surface area contributed by atoms with Gasteiger partial charge in [0.05, 0.1) is 24.4 Å². The van der Waals surface area contributed by atoms with Crippen molar-refractivity contribution in [1.82, 2.24) is 25.1 Å². The highest BCUT2D eigenvalue weighted by atomic mass is 16.5. The Hall–Kier alpha value is -2.67. The number of ether oxygens (including phenoxy) is 1. The number of anilines is 1. The van der Waals surface area contributed by atoms with Gasteiger partial charge < -0.3 is 15.4 Å². The molecule has 7 heteroatoms. The van der Waals surface area contributed by atoms with E-state index in [2.05, 4.69) is 25.7 Å². The van der Waals surface area contributed by atoms with Crippen LogP contribution in [0.3, 0.4) is 0 Å². The molecule has 2 N–H and O–H groups in total. The predicted octanol–water partition coefficient (Wildman–Crippen LogP) is 1.60. The van der Waals surface area contributed by atoms with Crippen molar-refractivity contribution in [1.29, 1.82) is 0 Å². The smallest absolute Gasteiger partial charge is 0.168 e. The first kappa shape index (κ1) is 14.0. The Labute approximate surface area is 133 Å². The molecule has 1 atom stereocenters. The molecule has 1 aliphatic rings. The van der Waals surface area contributed by atoms with Gasteiger partial charge in [0, 0.05) is 18.7 Å². The van der Waals surface area contributed by atoms with Crippen LogP contribution in [0.4, 0.5) is 5.82 Å². The lowest BCUT2D eigenvalue weighted by atomic mass is 10.2. The predicted molar refractivity (Wildman–Crippen MR) is 88.1 cm³/mol. The number of nitrogens with one attached hydrogen (secondary N) is 2. The molecule has 7 nitrogen and oxygen atoms in total. The maximum Gasteiger partial charge on any atom is 0.168 e. The summed E-state index contributed by atoms with van der Waals surface area (Å²) >= 11 is 0. The van der Waals surface area contributed by atoms with E-state index in [1.807, 2.05) is 24.3 Å². The van der Waals surface area contributed by atoms with Gasteiger partial charge in [0.2, 0.25) is 0 Å². The third-order valence-corrected chi connectivity index (χ3v) is 4.06.